The van der Waals surface area contributed by atoms with Gasteiger partial charge in [0.05, 0.1) is 5.60 Å². The molecule has 0 aliphatic carbocycles. The number of rotatable bonds is 8. The molecule has 0 fully saturated rings. The lowest BCUT2D eigenvalue weighted by atomic mass is 9.85. The molecule has 0 aromatic rings. The minimum atomic E-state index is -0.425. The molecule has 0 spiro atoms. The fourth-order valence-electron chi connectivity index (χ4n) is 2.06. The Morgan fingerprint density at radius 1 is 1.07 bits per heavy atom. The molecular weight excluding hydrogens is 172 g/mol. The molecule has 0 aromatic heterocycles. The second-order valence-electron chi connectivity index (χ2n) is 4.84. The number of hydrogen-bond donors (Lipinski definition) is 1. The van der Waals surface area contributed by atoms with Gasteiger partial charge in [0.15, 0.2) is 0 Å². The topological polar surface area (TPSA) is 20.2 Å². The Labute approximate surface area is 89.9 Å². The van der Waals surface area contributed by atoms with Crippen LogP contribution < -0.4 is 0 Å². The van der Waals surface area contributed by atoms with Crippen LogP contribution >= 0.6 is 0 Å². The molecule has 0 rings (SSSR count). The van der Waals surface area contributed by atoms with Crippen LogP contribution in [0.25, 0.3) is 0 Å². The SMILES string of the molecule is CCCCCC(C)(O)CC(CC)CC. The molecule has 0 aromatic carbocycles. The molecule has 0 aliphatic rings. The van der Waals surface area contributed by atoms with Crippen LogP contribution in [0.1, 0.15) is 72.6 Å². The molecule has 0 bridgehead atoms. The van der Waals surface area contributed by atoms with Crippen LogP contribution in [0.15, 0.2) is 0 Å². The molecule has 1 unspecified atom stereocenters. The largest absolute Gasteiger partial charge is 0.390 e. The van der Waals surface area contributed by atoms with Gasteiger partial charge in [-0.1, -0.05) is 52.9 Å². The summed E-state index contributed by atoms with van der Waals surface area (Å²) in [5.74, 6) is 0.701. The van der Waals surface area contributed by atoms with E-state index >= 15 is 0 Å². The van der Waals surface area contributed by atoms with Crippen LogP contribution in [-0.2, 0) is 0 Å². The Morgan fingerprint density at radius 2 is 1.64 bits per heavy atom. The lowest BCUT2D eigenvalue weighted by molar-refractivity contribution is 0.0218. The maximum absolute atomic E-state index is 10.2. The highest BCUT2D eigenvalue weighted by atomic mass is 16.3. The van der Waals surface area contributed by atoms with Crippen molar-refractivity contribution in [2.24, 2.45) is 5.92 Å². The highest BCUT2D eigenvalue weighted by Gasteiger charge is 2.22. The molecule has 0 saturated heterocycles. The fraction of sp³-hybridized carbons (Fsp3) is 1.00. The first-order valence-corrected chi connectivity index (χ1v) is 6.28. The van der Waals surface area contributed by atoms with Crippen molar-refractivity contribution in [3.63, 3.8) is 0 Å². The van der Waals surface area contributed by atoms with E-state index < -0.39 is 5.60 Å². The highest BCUT2D eigenvalue weighted by molar-refractivity contribution is 4.75. The third-order valence-corrected chi connectivity index (χ3v) is 3.20. The molecule has 1 nitrogen and oxygen atoms in total. The normalized spacial score (nSPS) is 15.9. The molecule has 0 aliphatic heterocycles. The van der Waals surface area contributed by atoms with Gasteiger partial charge in [0, 0.05) is 0 Å². The van der Waals surface area contributed by atoms with Crippen molar-refractivity contribution in [3.8, 4) is 0 Å². The zero-order chi connectivity index (χ0) is 11.0. The molecule has 0 radical (unpaired) electrons. The fourth-order valence-corrected chi connectivity index (χ4v) is 2.06. The third-order valence-electron chi connectivity index (χ3n) is 3.20. The van der Waals surface area contributed by atoms with Crippen LogP contribution in [0, 0.1) is 5.92 Å². The second-order valence-corrected chi connectivity index (χ2v) is 4.84. The van der Waals surface area contributed by atoms with Gasteiger partial charge in [0.2, 0.25) is 0 Å². The maximum atomic E-state index is 10.2. The van der Waals surface area contributed by atoms with Crippen LogP contribution in [0.4, 0.5) is 0 Å². The van der Waals surface area contributed by atoms with E-state index in [0.29, 0.717) is 5.92 Å². The molecule has 14 heavy (non-hydrogen) atoms. The predicted octanol–water partition coefficient (Wildman–Crippen LogP) is 4.14. The average molecular weight is 200 g/mol. The summed E-state index contributed by atoms with van der Waals surface area (Å²) in [6.07, 6.45) is 7.99. The Balaban J connectivity index is 3.79. The van der Waals surface area contributed by atoms with Crippen LogP contribution in [0.2, 0.25) is 0 Å². The summed E-state index contributed by atoms with van der Waals surface area (Å²) < 4.78 is 0. The van der Waals surface area contributed by atoms with Crippen molar-refractivity contribution in [2.45, 2.75) is 78.2 Å². The summed E-state index contributed by atoms with van der Waals surface area (Å²) in [5, 5.41) is 10.2. The Morgan fingerprint density at radius 3 is 2.07 bits per heavy atom. The van der Waals surface area contributed by atoms with Crippen molar-refractivity contribution < 1.29 is 5.11 Å². The zero-order valence-corrected chi connectivity index (χ0v) is 10.5. The maximum Gasteiger partial charge on any atom is 0.0622 e. The zero-order valence-electron chi connectivity index (χ0n) is 10.5. The van der Waals surface area contributed by atoms with Gasteiger partial charge in [-0.3, -0.25) is 0 Å². The van der Waals surface area contributed by atoms with Crippen molar-refractivity contribution >= 4 is 0 Å². The smallest absolute Gasteiger partial charge is 0.0622 e. The van der Waals surface area contributed by atoms with E-state index in [4.69, 9.17) is 0 Å². The summed E-state index contributed by atoms with van der Waals surface area (Å²) >= 11 is 0. The van der Waals surface area contributed by atoms with Gasteiger partial charge < -0.3 is 5.11 Å². The first kappa shape index (κ1) is 14.0. The molecular formula is C13H28O. The summed E-state index contributed by atoms with van der Waals surface area (Å²) in [5.41, 5.74) is -0.425. The monoisotopic (exact) mass is 200 g/mol. The minimum absolute atomic E-state index is 0.425. The van der Waals surface area contributed by atoms with Gasteiger partial charge in [-0.15, -0.1) is 0 Å². The lowest BCUT2D eigenvalue weighted by Gasteiger charge is -2.27. The van der Waals surface area contributed by atoms with E-state index in [0.717, 1.165) is 12.8 Å². The quantitative estimate of drug-likeness (QED) is 0.584. The Kier molecular flexibility index (Phi) is 7.26. The standard InChI is InChI=1S/C13H28O/c1-5-8-9-10-13(4,14)11-12(6-2)7-3/h12,14H,5-11H2,1-4H3. The third kappa shape index (κ3) is 6.42. The molecule has 0 heterocycles. The number of hydrogen-bond acceptors (Lipinski definition) is 1. The molecule has 0 amide bonds. The van der Waals surface area contributed by atoms with Crippen molar-refractivity contribution in [3.05, 3.63) is 0 Å². The van der Waals surface area contributed by atoms with Gasteiger partial charge in [-0.25, -0.2) is 0 Å². The van der Waals surface area contributed by atoms with Gasteiger partial charge >= 0.3 is 0 Å². The van der Waals surface area contributed by atoms with E-state index in [-0.39, 0.29) is 0 Å². The van der Waals surface area contributed by atoms with E-state index in [9.17, 15) is 5.11 Å². The second kappa shape index (κ2) is 7.28. The summed E-state index contributed by atoms with van der Waals surface area (Å²) in [4.78, 5) is 0. The number of unbranched alkanes of at least 4 members (excludes halogenated alkanes) is 2. The molecule has 1 N–H and O–H groups in total. The minimum Gasteiger partial charge on any atom is -0.390 e. The molecule has 0 saturated carbocycles. The average Bonchev–Trinajstić information content (AvgIpc) is 2.14. The summed E-state index contributed by atoms with van der Waals surface area (Å²) in [6.45, 7) is 8.64. The first-order chi connectivity index (χ1) is 6.55. The summed E-state index contributed by atoms with van der Waals surface area (Å²) in [7, 11) is 0. The van der Waals surface area contributed by atoms with E-state index in [1.807, 2.05) is 6.92 Å². The Hall–Kier alpha value is -0.0400. The predicted molar refractivity (Wildman–Crippen MR) is 63.5 cm³/mol. The van der Waals surface area contributed by atoms with Gasteiger partial charge in [-0.2, -0.15) is 0 Å². The highest BCUT2D eigenvalue weighted by Crippen LogP contribution is 2.26. The van der Waals surface area contributed by atoms with Gasteiger partial charge in [0.25, 0.3) is 0 Å². The van der Waals surface area contributed by atoms with Crippen LogP contribution in [0.5, 0.6) is 0 Å². The van der Waals surface area contributed by atoms with Crippen LogP contribution in [-0.4, -0.2) is 10.7 Å². The van der Waals surface area contributed by atoms with E-state index in [1.54, 1.807) is 0 Å². The van der Waals surface area contributed by atoms with Gasteiger partial charge in [0.1, 0.15) is 0 Å². The molecule has 1 heteroatoms. The van der Waals surface area contributed by atoms with E-state index in [2.05, 4.69) is 20.8 Å². The molecule has 1 atom stereocenters. The number of aliphatic hydroxyl groups is 1. The lowest BCUT2D eigenvalue weighted by Crippen LogP contribution is -2.27. The van der Waals surface area contributed by atoms with E-state index in [1.165, 1.54) is 32.1 Å². The van der Waals surface area contributed by atoms with Crippen LogP contribution in [0.3, 0.4) is 0 Å². The van der Waals surface area contributed by atoms with Crippen molar-refractivity contribution in [1.29, 1.82) is 0 Å². The van der Waals surface area contributed by atoms with Crippen molar-refractivity contribution in [2.75, 3.05) is 0 Å². The first-order valence-electron chi connectivity index (χ1n) is 6.28. The van der Waals surface area contributed by atoms with Crippen molar-refractivity contribution in [1.82, 2.24) is 0 Å². The Bertz CT molecular complexity index is 125. The van der Waals surface area contributed by atoms with Gasteiger partial charge in [-0.05, 0) is 25.7 Å². The molecule has 86 valence electrons. The summed E-state index contributed by atoms with van der Waals surface area (Å²) in [6, 6.07) is 0.